The summed E-state index contributed by atoms with van der Waals surface area (Å²) < 4.78 is 1.86. The van der Waals surface area contributed by atoms with Gasteiger partial charge >= 0.3 is 0 Å². The molecule has 0 aliphatic carbocycles. The fourth-order valence-corrected chi connectivity index (χ4v) is 2.05. The van der Waals surface area contributed by atoms with Crippen LogP contribution in [0.3, 0.4) is 0 Å². The van der Waals surface area contributed by atoms with Gasteiger partial charge in [-0.2, -0.15) is 5.10 Å². The number of hydrogen-bond donors (Lipinski definition) is 3. The van der Waals surface area contributed by atoms with Crippen molar-refractivity contribution in [1.82, 2.24) is 14.9 Å². The smallest absolute Gasteiger partial charge is 0.163 e. The molecule has 6 nitrogen and oxygen atoms in total. The van der Waals surface area contributed by atoms with Crippen LogP contribution >= 0.6 is 11.6 Å². The Kier molecular flexibility index (Phi) is 2.74. The molecule has 0 fully saturated rings. The van der Waals surface area contributed by atoms with Gasteiger partial charge in [-0.15, -0.1) is 5.10 Å². The van der Waals surface area contributed by atoms with Crippen LogP contribution in [-0.4, -0.2) is 36.0 Å². The normalized spacial score (nSPS) is 10.5. The van der Waals surface area contributed by atoms with Crippen LogP contribution < -0.4 is 16.1 Å². The molecule has 0 aromatic carbocycles. The zero-order chi connectivity index (χ0) is 11.7. The molecular weight excluding hydrogens is 228 g/mol. The molecule has 0 unspecified atom stereocenters. The lowest BCUT2D eigenvalue weighted by atomic mass is 10.3. The fourth-order valence-electron chi connectivity index (χ4n) is 1.82. The summed E-state index contributed by atoms with van der Waals surface area (Å²) in [5.41, 5.74) is 3.06. The van der Waals surface area contributed by atoms with Crippen molar-refractivity contribution in [2.24, 2.45) is 0 Å². The number of rotatable bonds is 3. The van der Waals surface area contributed by atoms with Gasteiger partial charge in [-0.1, -0.05) is 11.6 Å². The van der Waals surface area contributed by atoms with Crippen LogP contribution in [0.2, 0.25) is 5.15 Å². The molecular formula is C9H13ClN6. The van der Waals surface area contributed by atoms with E-state index in [1.807, 2.05) is 25.8 Å². The third-order valence-electron chi connectivity index (χ3n) is 2.44. The molecule has 2 rings (SSSR count). The predicted molar refractivity (Wildman–Crippen MR) is 66.9 cm³/mol. The van der Waals surface area contributed by atoms with Gasteiger partial charge in [0.1, 0.15) is 11.6 Å². The lowest BCUT2D eigenvalue weighted by molar-refractivity contribution is 0.950. The van der Waals surface area contributed by atoms with Crippen LogP contribution in [0.1, 0.15) is 0 Å². The second-order valence-electron chi connectivity index (χ2n) is 3.18. The Bertz CT molecular complexity index is 520. The maximum Gasteiger partial charge on any atom is 0.163 e. The van der Waals surface area contributed by atoms with Crippen molar-refractivity contribution in [2.45, 2.75) is 0 Å². The van der Waals surface area contributed by atoms with Gasteiger partial charge < -0.3 is 16.1 Å². The number of fused-ring (bicyclic) bond motifs is 1. The first-order valence-corrected chi connectivity index (χ1v) is 5.21. The summed E-state index contributed by atoms with van der Waals surface area (Å²) in [5.74, 6) is 1.74. The van der Waals surface area contributed by atoms with Crippen LogP contribution in [0.15, 0.2) is 6.20 Å². The monoisotopic (exact) mass is 240 g/mol. The zero-order valence-corrected chi connectivity index (χ0v) is 10.1. The van der Waals surface area contributed by atoms with E-state index in [9.17, 15) is 0 Å². The molecule has 0 aliphatic rings. The van der Waals surface area contributed by atoms with Crippen molar-refractivity contribution in [2.75, 3.05) is 37.2 Å². The first-order chi connectivity index (χ1) is 7.74. The summed E-state index contributed by atoms with van der Waals surface area (Å²) in [6.07, 6.45) is 1.68. The van der Waals surface area contributed by atoms with Gasteiger partial charge in [-0.25, -0.2) is 4.68 Å². The quantitative estimate of drug-likeness (QED) is 0.756. The highest BCUT2D eigenvalue weighted by molar-refractivity contribution is 6.35. The Morgan fingerprint density at radius 2 is 1.88 bits per heavy atom. The van der Waals surface area contributed by atoms with E-state index in [0.717, 1.165) is 22.4 Å². The summed E-state index contributed by atoms with van der Waals surface area (Å²) in [6, 6.07) is 0. The van der Waals surface area contributed by atoms with E-state index in [1.54, 1.807) is 6.20 Å². The number of anilines is 2. The fraction of sp³-hybridized carbons (Fsp3) is 0.333. The van der Waals surface area contributed by atoms with E-state index in [0.29, 0.717) is 5.15 Å². The van der Waals surface area contributed by atoms with Gasteiger partial charge in [0.15, 0.2) is 5.15 Å². The molecule has 0 aliphatic heterocycles. The SMILES string of the molecule is CNc1c2cnnc(Cl)c2c(NC)n1NC. The summed E-state index contributed by atoms with van der Waals surface area (Å²) >= 11 is 6.06. The number of nitrogens with zero attached hydrogens (tertiary/aromatic N) is 3. The Hall–Kier alpha value is -1.69. The molecule has 0 bridgehead atoms. The van der Waals surface area contributed by atoms with Crippen LogP contribution in [0.5, 0.6) is 0 Å². The van der Waals surface area contributed by atoms with Crippen molar-refractivity contribution in [3.63, 3.8) is 0 Å². The molecule has 0 radical (unpaired) electrons. The minimum atomic E-state index is 0.382. The van der Waals surface area contributed by atoms with Crippen molar-refractivity contribution in [3.05, 3.63) is 11.3 Å². The maximum absolute atomic E-state index is 6.06. The molecule has 2 aromatic rings. The van der Waals surface area contributed by atoms with E-state index >= 15 is 0 Å². The van der Waals surface area contributed by atoms with Gasteiger partial charge in [0, 0.05) is 21.1 Å². The second-order valence-corrected chi connectivity index (χ2v) is 3.54. The standard InChI is InChI=1S/C9H13ClN6/c1-11-8-5-4-14-15-7(10)6(5)9(12-2)16(8)13-3/h4,11-13H,1-3H3. The Balaban J connectivity index is 2.90. The van der Waals surface area contributed by atoms with Gasteiger partial charge in [0.25, 0.3) is 0 Å². The average Bonchev–Trinajstić information content (AvgIpc) is 2.62. The molecule has 0 saturated heterocycles. The first-order valence-electron chi connectivity index (χ1n) is 4.83. The minimum Gasteiger partial charge on any atom is -0.373 e. The van der Waals surface area contributed by atoms with E-state index < -0.39 is 0 Å². The molecule has 0 saturated carbocycles. The summed E-state index contributed by atoms with van der Waals surface area (Å²) in [4.78, 5) is 0. The van der Waals surface area contributed by atoms with E-state index in [4.69, 9.17) is 11.6 Å². The molecule has 0 spiro atoms. The van der Waals surface area contributed by atoms with Crippen LogP contribution in [0.4, 0.5) is 11.6 Å². The summed E-state index contributed by atoms with van der Waals surface area (Å²) in [5, 5.41) is 16.0. The predicted octanol–water partition coefficient (Wildman–Crippen LogP) is 1.34. The lowest BCUT2D eigenvalue weighted by Gasteiger charge is -2.11. The molecule has 0 amide bonds. The summed E-state index contributed by atoms with van der Waals surface area (Å²) in [6.45, 7) is 0. The van der Waals surface area contributed by atoms with Crippen LogP contribution in [0.25, 0.3) is 10.8 Å². The van der Waals surface area contributed by atoms with Crippen LogP contribution in [0, 0.1) is 0 Å². The van der Waals surface area contributed by atoms with Crippen molar-refractivity contribution in [1.29, 1.82) is 0 Å². The highest BCUT2D eigenvalue weighted by Crippen LogP contribution is 2.35. The highest BCUT2D eigenvalue weighted by Gasteiger charge is 2.18. The number of nitrogens with one attached hydrogen (secondary N) is 3. The minimum absolute atomic E-state index is 0.382. The van der Waals surface area contributed by atoms with Crippen molar-refractivity contribution >= 4 is 34.0 Å². The number of halogens is 1. The number of aromatic nitrogens is 3. The lowest BCUT2D eigenvalue weighted by Crippen LogP contribution is -2.14. The Labute approximate surface area is 98.0 Å². The molecule has 2 aromatic heterocycles. The van der Waals surface area contributed by atoms with Crippen molar-refractivity contribution in [3.8, 4) is 0 Å². The molecule has 16 heavy (non-hydrogen) atoms. The number of hydrogen-bond acceptors (Lipinski definition) is 5. The van der Waals surface area contributed by atoms with Crippen molar-refractivity contribution < 1.29 is 0 Å². The van der Waals surface area contributed by atoms with Crippen LogP contribution in [-0.2, 0) is 0 Å². The second kappa shape index (κ2) is 4.05. The average molecular weight is 241 g/mol. The first kappa shape index (κ1) is 10.8. The Morgan fingerprint density at radius 3 is 2.44 bits per heavy atom. The third kappa shape index (κ3) is 1.34. The molecule has 0 atom stereocenters. The summed E-state index contributed by atoms with van der Waals surface area (Å²) in [7, 11) is 5.50. The van der Waals surface area contributed by atoms with Gasteiger partial charge in [-0.3, -0.25) is 0 Å². The third-order valence-corrected chi connectivity index (χ3v) is 2.71. The molecule has 7 heteroatoms. The topological polar surface area (TPSA) is 66.8 Å². The molecule has 3 N–H and O–H groups in total. The van der Waals surface area contributed by atoms with E-state index in [-0.39, 0.29) is 0 Å². The van der Waals surface area contributed by atoms with E-state index in [1.165, 1.54) is 0 Å². The largest absolute Gasteiger partial charge is 0.373 e. The van der Waals surface area contributed by atoms with Gasteiger partial charge in [0.05, 0.1) is 17.0 Å². The molecule has 86 valence electrons. The molecule has 2 heterocycles. The van der Waals surface area contributed by atoms with Gasteiger partial charge in [-0.05, 0) is 0 Å². The van der Waals surface area contributed by atoms with Gasteiger partial charge in [0.2, 0.25) is 0 Å². The zero-order valence-electron chi connectivity index (χ0n) is 9.30. The highest BCUT2D eigenvalue weighted by atomic mass is 35.5. The maximum atomic E-state index is 6.06. The van der Waals surface area contributed by atoms with E-state index in [2.05, 4.69) is 26.3 Å². The Morgan fingerprint density at radius 1 is 1.19 bits per heavy atom.